The Labute approximate surface area is 106 Å². The minimum atomic E-state index is -0.856. The Morgan fingerprint density at radius 2 is 2.22 bits per heavy atom. The number of halogens is 2. The Bertz CT molecular complexity index is 559. The van der Waals surface area contributed by atoms with Gasteiger partial charge in [0.1, 0.15) is 18.0 Å². The van der Waals surface area contributed by atoms with Crippen LogP contribution in [-0.2, 0) is 0 Å². The third-order valence-electron chi connectivity index (χ3n) is 2.25. The molecule has 0 amide bonds. The molecule has 18 heavy (non-hydrogen) atoms. The molecule has 2 rings (SSSR count). The van der Waals surface area contributed by atoms with Crippen LogP contribution in [0.2, 0.25) is 0 Å². The Hall–Kier alpha value is -1.76. The number of carbonyl (C=O) groups is 1. The molecule has 1 N–H and O–H groups in total. The molecule has 1 atom stereocenters. The third-order valence-corrected chi connectivity index (χ3v) is 3.23. The number of benzene rings is 1. The molecule has 0 aliphatic rings. The smallest absolute Gasteiger partial charge is 0.184 e. The number of hydrogen-bond acceptors (Lipinski definition) is 4. The summed E-state index contributed by atoms with van der Waals surface area (Å²) in [5, 5.41) is 6.17. The predicted octanol–water partition coefficient (Wildman–Crippen LogP) is 2.45. The van der Waals surface area contributed by atoms with Crippen molar-refractivity contribution in [2.45, 2.75) is 17.3 Å². The number of nitrogens with one attached hydrogen (secondary N) is 1. The van der Waals surface area contributed by atoms with E-state index >= 15 is 0 Å². The van der Waals surface area contributed by atoms with Gasteiger partial charge in [0.25, 0.3) is 0 Å². The summed E-state index contributed by atoms with van der Waals surface area (Å²) in [7, 11) is 0. The second kappa shape index (κ2) is 5.26. The maximum absolute atomic E-state index is 13.4. The van der Waals surface area contributed by atoms with Crippen LogP contribution in [0, 0.1) is 11.6 Å². The fourth-order valence-corrected chi connectivity index (χ4v) is 2.16. The van der Waals surface area contributed by atoms with Crippen LogP contribution in [0.3, 0.4) is 0 Å². The fraction of sp³-hybridized carbons (Fsp3) is 0.182. The lowest BCUT2D eigenvalue weighted by atomic mass is 10.1. The normalized spacial score (nSPS) is 12.4. The summed E-state index contributed by atoms with van der Waals surface area (Å²) in [6.45, 7) is 1.62. The monoisotopic (exact) mass is 269 g/mol. The lowest BCUT2D eigenvalue weighted by Gasteiger charge is -2.08. The maximum atomic E-state index is 13.4. The molecule has 0 spiro atoms. The molecule has 0 bridgehead atoms. The average molecular weight is 269 g/mol. The first-order valence-electron chi connectivity index (χ1n) is 5.09. The number of hydrogen-bond donors (Lipinski definition) is 1. The molecule has 0 saturated carbocycles. The first-order chi connectivity index (χ1) is 8.58. The molecule has 0 aliphatic carbocycles. The lowest BCUT2D eigenvalue weighted by molar-refractivity contribution is 0.0990. The largest absolute Gasteiger partial charge is 0.293 e. The van der Waals surface area contributed by atoms with Crippen molar-refractivity contribution in [2.24, 2.45) is 0 Å². The highest BCUT2D eigenvalue weighted by Crippen LogP contribution is 2.23. The number of carbonyl (C=O) groups excluding carboxylic acids is 1. The number of Topliss-reactive ketones (excluding diaryl/α,β-unsaturated/α-hetero) is 1. The highest BCUT2D eigenvalue weighted by Gasteiger charge is 2.21. The van der Waals surface area contributed by atoms with E-state index in [4.69, 9.17) is 0 Å². The van der Waals surface area contributed by atoms with Crippen LogP contribution < -0.4 is 0 Å². The SMILES string of the molecule is CC(Sc1ncn[nH]1)C(=O)c1ccc(F)cc1F. The Kier molecular flexibility index (Phi) is 3.71. The highest BCUT2D eigenvalue weighted by atomic mass is 32.2. The Morgan fingerprint density at radius 1 is 1.44 bits per heavy atom. The van der Waals surface area contributed by atoms with E-state index in [0.29, 0.717) is 11.2 Å². The van der Waals surface area contributed by atoms with Gasteiger partial charge in [0, 0.05) is 6.07 Å². The number of thioether (sulfide) groups is 1. The van der Waals surface area contributed by atoms with Crippen LogP contribution >= 0.6 is 11.8 Å². The summed E-state index contributed by atoms with van der Waals surface area (Å²) < 4.78 is 26.2. The lowest BCUT2D eigenvalue weighted by Crippen LogP contribution is -2.15. The maximum Gasteiger partial charge on any atom is 0.184 e. The van der Waals surface area contributed by atoms with Gasteiger partial charge in [-0.15, -0.1) is 0 Å². The second-order valence-electron chi connectivity index (χ2n) is 3.54. The number of aromatic nitrogens is 3. The summed E-state index contributed by atoms with van der Waals surface area (Å²) in [4.78, 5) is 15.8. The average Bonchev–Trinajstić information content (AvgIpc) is 2.81. The predicted molar refractivity (Wildman–Crippen MR) is 62.4 cm³/mol. The first kappa shape index (κ1) is 12.7. The second-order valence-corrected chi connectivity index (χ2v) is 4.87. The van der Waals surface area contributed by atoms with Crippen molar-refractivity contribution in [2.75, 3.05) is 0 Å². The van der Waals surface area contributed by atoms with E-state index in [-0.39, 0.29) is 5.56 Å². The molecule has 1 heterocycles. The van der Waals surface area contributed by atoms with Gasteiger partial charge in [0.2, 0.25) is 0 Å². The molecule has 0 fully saturated rings. The van der Waals surface area contributed by atoms with E-state index in [1.165, 1.54) is 6.33 Å². The molecule has 7 heteroatoms. The number of aromatic amines is 1. The van der Waals surface area contributed by atoms with Gasteiger partial charge in [0.05, 0.1) is 10.8 Å². The summed E-state index contributed by atoms with van der Waals surface area (Å²) >= 11 is 1.13. The van der Waals surface area contributed by atoms with Gasteiger partial charge in [-0.3, -0.25) is 9.89 Å². The highest BCUT2D eigenvalue weighted by molar-refractivity contribution is 8.00. The van der Waals surface area contributed by atoms with E-state index in [9.17, 15) is 13.6 Å². The molecule has 94 valence electrons. The van der Waals surface area contributed by atoms with E-state index < -0.39 is 22.7 Å². The van der Waals surface area contributed by atoms with Crippen LogP contribution in [0.25, 0.3) is 0 Å². The van der Waals surface area contributed by atoms with Crippen LogP contribution in [0.1, 0.15) is 17.3 Å². The topological polar surface area (TPSA) is 58.6 Å². The van der Waals surface area contributed by atoms with E-state index in [2.05, 4.69) is 15.2 Å². The van der Waals surface area contributed by atoms with Crippen molar-refractivity contribution in [1.29, 1.82) is 0 Å². The number of ketones is 1. The van der Waals surface area contributed by atoms with Crippen LogP contribution in [-0.4, -0.2) is 26.2 Å². The van der Waals surface area contributed by atoms with Crippen molar-refractivity contribution in [1.82, 2.24) is 15.2 Å². The summed E-state index contributed by atoms with van der Waals surface area (Å²) in [5.74, 6) is -1.99. The molecule has 1 unspecified atom stereocenters. The number of H-pyrrole nitrogens is 1. The van der Waals surface area contributed by atoms with Gasteiger partial charge in [0.15, 0.2) is 10.9 Å². The van der Waals surface area contributed by atoms with Gasteiger partial charge in [-0.25, -0.2) is 13.8 Å². The molecule has 0 saturated heterocycles. The quantitative estimate of drug-likeness (QED) is 0.684. The first-order valence-corrected chi connectivity index (χ1v) is 5.97. The number of nitrogens with zero attached hydrogens (tertiary/aromatic N) is 2. The molecule has 1 aromatic carbocycles. The Balaban J connectivity index is 2.15. The van der Waals surface area contributed by atoms with Crippen LogP contribution in [0.15, 0.2) is 29.7 Å². The zero-order chi connectivity index (χ0) is 13.1. The van der Waals surface area contributed by atoms with E-state index in [0.717, 1.165) is 23.9 Å². The minimum absolute atomic E-state index is 0.129. The van der Waals surface area contributed by atoms with Crippen molar-refractivity contribution in [3.63, 3.8) is 0 Å². The van der Waals surface area contributed by atoms with Crippen molar-refractivity contribution in [3.05, 3.63) is 41.7 Å². The molecule has 0 aliphatic heterocycles. The molecule has 0 radical (unpaired) electrons. The zero-order valence-corrected chi connectivity index (χ0v) is 10.2. The van der Waals surface area contributed by atoms with Gasteiger partial charge in [-0.1, -0.05) is 11.8 Å². The summed E-state index contributed by atoms with van der Waals surface area (Å²) in [6.07, 6.45) is 1.32. The molecular weight excluding hydrogens is 260 g/mol. The Morgan fingerprint density at radius 3 is 2.83 bits per heavy atom. The molecule has 4 nitrogen and oxygen atoms in total. The summed E-state index contributed by atoms with van der Waals surface area (Å²) in [5.41, 5.74) is -0.129. The zero-order valence-electron chi connectivity index (χ0n) is 9.35. The molecule has 1 aromatic heterocycles. The van der Waals surface area contributed by atoms with Gasteiger partial charge in [-0.05, 0) is 19.1 Å². The van der Waals surface area contributed by atoms with Crippen molar-refractivity contribution >= 4 is 17.5 Å². The van der Waals surface area contributed by atoms with Crippen LogP contribution in [0.5, 0.6) is 0 Å². The van der Waals surface area contributed by atoms with Gasteiger partial charge >= 0.3 is 0 Å². The molecule has 2 aromatic rings. The van der Waals surface area contributed by atoms with E-state index in [1.54, 1.807) is 6.92 Å². The fourth-order valence-electron chi connectivity index (χ4n) is 1.38. The minimum Gasteiger partial charge on any atom is -0.293 e. The van der Waals surface area contributed by atoms with E-state index in [1.807, 2.05) is 0 Å². The van der Waals surface area contributed by atoms with Gasteiger partial charge < -0.3 is 0 Å². The van der Waals surface area contributed by atoms with Crippen molar-refractivity contribution < 1.29 is 13.6 Å². The third kappa shape index (κ3) is 2.73. The number of rotatable bonds is 4. The van der Waals surface area contributed by atoms with Crippen molar-refractivity contribution in [3.8, 4) is 0 Å². The van der Waals surface area contributed by atoms with Crippen LogP contribution in [0.4, 0.5) is 8.78 Å². The summed E-state index contributed by atoms with van der Waals surface area (Å²) in [6, 6.07) is 2.89. The standard InChI is InChI=1S/C11H9F2N3OS/c1-6(18-11-14-5-15-16-11)10(17)8-3-2-7(12)4-9(8)13/h2-6H,1H3,(H,14,15,16). The van der Waals surface area contributed by atoms with Gasteiger partial charge in [-0.2, -0.15) is 5.10 Å². The molecular formula is C11H9F2N3OS.